The Balaban J connectivity index is 3.05. The van der Waals surface area contributed by atoms with Crippen LogP contribution < -0.4 is 5.43 Å². The number of hydrogen-bond donors (Lipinski definition) is 2. The van der Waals surface area contributed by atoms with Crippen LogP contribution in [0, 0.1) is 34.3 Å². The van der Waals surface area contributed by atoms with Crippen LogP contribution in [0.1, 0.15) is 0 Å². The number of nitrogens with zero attached hydrogens (tertiary/aromatic N) is 3. The van der Waals surface area contributed by atoms with Gasteiger partial charge in [0.05, 0.1) is 0 Å². The third kappa shape index (κ3) is 2.42. The molecule has 2 N–H and O–H groups in total. The first kappa shape index (κ1) is 11.4. The van der Waals surface area contributed by atoms with Gasteiger partial charge in [-0.1, -0.05) is 0 Å². The molecule has 0 spiro atoms. The van der Waals surface area contributed by atoms with Gasteiger partial charge in [0.25, 0.3) is 0 Å². The van der Waals surface area contributed by atoms with Gasteiger partial charge in [-0.25, -0.2) is 8.78 Å². The lowest BCUT2D eigenvalue weighted by molar-refractivity contribution is 0.461. The standard InChI is InChI=1S/C9H4F2N4O/c10-7-1-6(16)2-8(11)9(7)15-14-5(3-12)4-13/h1-2,15-16H. The van der Waals surface area contributed by atoms with Crippen molar-refractivity contribution in [2.45, 2.75) is 0 Å². The van der Waals surface area contributed by atoms with E-state index in [0.717, 1.165) is 0 Å². The zero-order valence-electron chi connectivity index (χ0n) is 7.70. The summed E-state index contributed by atoms with van der Waals surface area (Å²) in [7, 11) is 0. The lowest BCUT2D eigenvalue weighted by atomic mass is 10.3. The van der Waals surface area contributed by atoms with Gasteiger partial charge in [-0.05, 0) is 0 Å². The SMILES string of the molecule is N#CC(C#N)=NNc1c(F)cc(O)cc1F. The van der Waals surface area contributed by atoms with Crippen LogP contribution in [0.2, 0.25) is 0 Å². The van der Waals surface area contributed by atoms with Gasteiger partial charge in [-0.15, -0.1) is 0 Å². The predicted molar refractivity (Wildman–Crippen MR) is 50.3 cm³/mol. The summed E-state index contributed by atoms with van der Waals surface area (Å²) in [6, 6.07) is 4.14. The average molecular weight is 222 g/mol. The minimum atomic E-state index is -1.09. The zero-order valence-corrected chi connectivity index (χ0v) is 7.70. The maximum Gasteiger partial charge on any atom is 0.237 e. The van der Waals surface area contributed by atoms with E-state index in [1.807, 2.05) is 5.43 Å². The second-order valence-corrected chi connectivity index (χ2v) is 2.58. The molecule has 1 aromatic rings. The van der Waals surface area contributed by atoms with Crippen molar-refractivity contribution >= 4 is 11.4 Å². The summed E-state index contributed by atoms with van der Waals surface area (Å²) >= 11 is 0. The molecule has 0 aliphatic rings. The molecule has 0 fully saturated rings. The Kier molecular flexibility index (Phi) is 3.36. The molecule has 80 valence electrons. The topological polar surface area (TPSA) is 92.2 Å². The molecule has 0 aliphatic heterocycles. The number of benzene rings is 1. The van der Waals surface area contributed by atoms with E-state index in [-0.39, 0.29) is 0 Å². The largest absolute Gasteiger partial charge is 0.508 e. The first-order valence-electron chi connectivity index (χ1n) is 3.90. The highest BCUT2D eigenvalue weighted by Crippen LogP contribution is 2.23. The third-order valence-electron chi connectivity index (χ3n) is 1.52. The van der Waals surface area contributed by atoms with Crippen LogP contribution in [0.25, 0.3) is 0 Å². The minimum Gasteiger partial charge on any atom is -0.508 e. The second-order valence-electron chi connectivity index (χ2n) is 2.58. The number of phenols is 1. The van der Waals surface area contributed by atoms with E-state index in [2.05, 4.69) is 5.10 Å². The number of nitrogens with one attached hydrogen (secondary N) is 1. The summed E-state index contributed by atoms with van der Waals surface area (Å²) in [4.78, 5) is 0. The lowest BCUT2D eigenvalue weighted by Gasteiger charge is -2.03. The molecule has 16 heavy (non-hydrogen) atoms. The Morgan fingerprint density at radius 2 is 1.75 bits per heavy atom. The molecule has 0 saturated heterocycles. The molecule has 1 rings (SSSR count). The Hall–Kier alpha value is -2.67. The van der Waals surface area contributed by atoms with Gasteiger partial charge in [0.1, 0.15) is 23.6 Å². The van der Waals surface area contributed by atoms with E-state index in [1.165, 1.54) is 12.1 Å². The molecule has 1 aromatic carbocycles. The van der Waals surface area contributed by atoms with Crippen LogP contribution in [0.4, 0.5) is 14.5 Å². The summed E-state index contributed by atoms with van der Waals surface area (Å²) < 4.78 is 26.1. The molecule has 0 unspecified atom stereocenters. The molecular formula is C9H4F2N4O. The first-order valence-corrected chi connectivity index (χ1v) is 3.90. The predicted octanol–water partition coefficient (Wildman–Crippen LogP) is 1.49. The number of rotatable bonds is 2. The van der Waals surface area contributed by atoms with E-state index >= 15 is 0 Å². The fraction of sp³-hybridized carbons (Fsp3) is 0. The summed E-state index contributed by atoms with van der Waals surface area (Å²) in [6.45, 7) is 0. The molecule has 0 heterocycles. The van der Waals surface area contributed by atoms with Crippen molar-refractivity contribution in [3.05, 3.63) is 23.8 Å². The molecule has 0 amide bonds. The quantitative estimate of drug-likeness (QED) is 0.450. The van der Waals surface area contributed by atoms with E-state index in [9.17, 15) is 8.78 Å². The van der Waals surface area contributed by atoms with Crippen molar-refractivity contribution in [3.63, 3.8) is 0 Å². The van der Waals surface area contributed by atoms with Crippen molar-refractivity contribution in [1.82, 2.24) is 0 Å². The summed E-state index contributed by atoms with van der Waals surface area (Å²) in [5, 5.41) is 28.6. The van der Waals surface area contributed by atoms with Crippen molar-refractivity contribution in [1.29, 1.82) is 10.5 Å². The van der Waals surface area contributed by atoms with Crippen molar-refractivity contribution < 1.29 is 13.9 Å². The van der Waals surface area contributed by atoms with Crippen molar-refractivity contribution in [2.24, 2.45) is 5.10 Å². The number of anilines is 1. The zero-order chi connectivity index (χ0) is 12.1. The maximum absolute atomic E-state index is 13.1. The number of hydrazone groups is 1. The molecule has 0 aromatic heterocycles. The number of halogens is 2. The van der Waals surface area contributed by atoms with Crippen molar-refractivity contribution in [2.75, 3.05) is 5.43 Å². The Morgan fingerprint density at radius 1 is 1.25 bits per heavy atom. The summed E-state index contributed by atoms with van der Waals surface area (Å²) in [6.07, 6.45) is 0. The third-order valence-corrected chi connectivity index (χ3v) is 1.52. The molecular weight excluding hydrogens is 218 g/mol. The van der Waals surface area contributed by atoms with Crippen LogP contribution in [-0.4, -0.2) is 10.8 Å². The van der Waals surface area contributed by atoms with E-state index in [0.29, 0.717) is 12.1 Å². The Labute approximate surface area is 88.9 Å². The normalized spacial score (nSPS) is 8.75. The molecule has 0 aliphatic carbocycles. The van der Waals surface area contributed by atoms with E-state index in [1.54, 1.807) is 0 Å². The molecule has 0 bridgehead atoms. The van der Waals surface area contributed by atoms with Gasteiger partial charge in [-0.2, -0.15) is 15.6 Å². The number of nitriles is 2. The summed E-state index contributed by atoms with van der Waals surface area (Å²) in [5.41, 5.74) is 0.663. The van der Waals surface area contributed by atoms with Gasteiger partial charge in [0.15, 0.2) is 11.6 Å². The highest BCUT2D eigenvalue weighted by atomic mass is 19.1. The number of hydrogen-bond acceptors (Lipinski definition) is 5. The smallest absolute Gasteiger partial charge is 0.237 e. The van der Waals surface area contributed by atoms with Crippen LogP contribution >= 0.6 is 0 Å². The molecule has 0 saturated carbocycles. The first-order chi connectivity index (χ1) is 7.58. The van der Waals surface area contributed by atoms with E-state index < -0.39 is 28.8 Å². The van der Waals surface area contributed by atoms with Crippen LogP contribution in [0.15, 0.2) is 17.2 Å². The van der Waals surface area contributed by atoms with Crippen LogP contribution in [-0.2, 0) is 0 Å². The Morgan fingerprint density at radius 3 is 2.19 bits per heavy atom. The summed E-state index contributed by atoms with van der Waals surface area (Å²) in [5.74, 6) is -2.75. The molecule has 0 radical (unpaired) electrons. The second kappa shape index (κ2) is 4.71. The average Bonchev–Trinajstić information content (AvgIpc) is 2.22. The lowest BCUT2D eigenvalue weighted by Crippen LogP contribution is -2.00. The highest BCUT2D eigenvalue weighted by Gasteiger charge is 2.10. The van der Waals surface area contributed by atoms with Crippen molar-refractivity contribution in [3.8, 4) is 17.9 Å². The van der Waals surface area contributed by atoms with Crippen LogP contribution in [0.3, 0.4) is 0 Å². The van der Waals surface area contributed by atoms with Crippen LogP contribution in [0.5, 0.6) is 5.75 Å². The minimum absolute atomic E-state index is 0.577. The monoisotopic (exact) mass is 222 g/mol. The highest BCUT2D eigenvalue weighted by molar-refractivity contribution is 6.10. The fourth-order valence-electron chi connectivity index (χ4n) is 0.853. The van der Waals surface area contributed by atoms with E-state index in [4.69, 9.17) is 15.6 Å². The Bertz CT molecular complexity index is 488. The van der Waals surface area contributed by atoms with Gasteiger partial charge in [0.2, 0.25) is 5.71 Å². The fourth-order valence-corrected chi connectivity index (χ4v) is 0.853. The van der Waals surface area contributed by atoms with Gasteiger partial charge >= 0.3 is 0 Å². The van der Waals surface area contributed by atoms with Gasteiger partial charge in [0, 0.05) is 12.1 Å². The maximum atomic E-state index is 13.1. The van der Waals surface area contributed by atoms with Gasteiger partial charge in [-0.3, -0.25) is 5.43 Å². The molecule has 0 atom stereocenters. The molecule has 7 heteroatoms. The number of aromatic hydroxyl groups is 1. The number of phenolic OH excluding ortho intramolecular Hbond substituents is 1. The van der Waals surface area contributed by atoms with Gasteiger partial charge < -0.3 is 5.11 Å². The molecule has 5 nitrogen and oxygen atoms in total.